The van der Waals surface area contributed by atoms with Crippen LogP contribution in [0.25, 0.3) is 0 Å². The fraction of sp³-hybridized carbons (Fsp3) is 0.300. The van der Waals surface area contributed by atoms with Gasteiger partial charge in [0.1, 0.15) is 11.5 Å². The Morgan fingerprint density at radius 2 is 1.73 bits per heavy atom. The molecule has 6 heteroatoms. The third-order valence-corrected chi connectivity index (χ3v) is 4.38. The first kappa shape index (κ1) is 17.8. The van der Waals surface area contributed by atoms with Gasteiger partial charge in [-0.3, -0.25) is 4.79 Å². The number of amides is 1. The van der Waals surface area contributed by atoms with Gasteiger partial charge in [0.2, 0.25) is 0 Å². The van der Waals surface area contributed by atoms with Crippen molar-refractivity contribution in [3.05, 3.63) is 53.6 Å². The minimum atomic E-state index is -0.630. The van der Waals surface area contributed by atoms with Crippen LogP contribution in [0.3, 0.4) is 0 Å². The number of hydrogen-bond donors (Lipinski definition) is 0. The summed E-state index contributed by atoms with van der Waals surface area (Å²) in [5.74, 6) is 0.831. The molecule has 1 aliphatic rings. The molecule has 1 unspecified atom stereocenters. The van der Waals surface area contributed by atoms with E-state index in [0.717, 1.165) is 17.0 Å². The first-order valence-corrected chi connectivity index (χ1v) is 8.37. The number of methoxy groups -OCH3 is 2. The number of anilines is 1. The molecular weight excluding hydrogens is 334 g/mol. The van der Waals surface area contributed by atoms with Crippen LogP contribution in [0.1, 0.15) is 22.8 Å². The number of carbonyl (C=O) groups is 2. The highest BCUT2D eigenvalue weighted by molar-refractivity contribution is 5.99. The predicted octanol–water partition coefficient (Wildman–Crippen LogP) is 2.84. The third-order valence-electron chi connectivity index (χ3n) is 4.38. The zero-order valence-electron chi connectivity index (χ0n) is 15.0. The molecule has 26 heavy (non-hydrogen) atoms. The SMILES string of the molecule is COC(=O)c1ccc2c(c1)CCN2C(=O)C(C)Oc1ccc(OC)cc1. The van der Waals surface area contributed by atoms with Gasteiger partial charge in [-0.1, -0.05) is 0 Å². The van der Waals surface area contributed by atoms with Gasteiger partial charge in [0.15, 0.2) is 6.10 Å². The van der Waals surface area contributed by atoms with Crippen LogP contribution in [-0.2, 0) is 16.0 Å². The Morgan fingerprint density at radius 3 is 2.38 bits per heavy atom. The number of benzene rings is 2. The van der Waals surface area contributed by atoms with E-state index < -0.39 is 6.10 Å². The van der Waals surface area contributed by atoms with Crippen LogP contribution in [0.15, 0.2) is 42.5 Å². The number of fused-ring (bicyclic) bond motifs is 1. The van der Waals surface area contributed by atoms with Crippen LogP contribution in [0.2, 0.25) is 0 Å². The van der Waals surface area contributed by atoms with E-state index in [0.29, 0.717) is 24.3 Å². The maximum Gasteiger partial charge on any atom is 0.337 e. The number of hydrogen-bond acceptors (Lipinski definition) is 5. The number of esters is 1. The first-order chi connectivity index (χ1) is 12.5. The monoisotopic (exact) mass is 355 g/mol. The van der Waals surface area contributed by atoms with Gasteiger partial charge >= 0.3 is 5.97 Å². The summed E-state index contributed by atoms with van der Waals surface area (Å²) in [6.07, 6.45) is 0.0656. The van der Waals surface area contributed by atoms with E-state index in [1.807, 2.05) is 0 Å². The number of ether oxygens (including phenoxy) is 3. The Labute approximate surface area is 152 Å². The van der Waals surface area contributed by atoms with Crippen molar-refractivity contribution >= 4 is 17.6 Å². The van der Waals surface area contributed by atoms with Gasteiger partial charge in [-0.25, -0.2) is 4.79 Å². The number of nitrogens with zero attached hydrogens (tertiary/aromatic N) is 1. The van der Waals surface area contributed by atoms with Crippen LogP contribution in [0.4, 0.5) is 5.69 Å². The van der Waals surface area contributed by atoms with E-state index in [1.54, 1.807) is 61.4 Å². The van der Waals surface area contributed by atoms with Crippen molar-refractivity contribution in [3.63, 3.8) is 0 Å². The van der Waals surface area contributed by atoms with Crippen LogP contribution >= 0.6 is 0 Å². The number of carbonyl (C=O) groups excluding carboxylic acids is 2. The average Bonchev–Trinajstić information content (AvgIpc) is 3.10. The summed E-state index contributed by atoms with van der Waals surface area (Å²) in [4.78, 5) is 26.1. The van der Waals surface area contributed by atoms with Crippen molar-refractivity contribution < 1.29 is 23.8 Å². The molecule has 1 amide bonds. The number of rotatable bonds is 5. The molecule has 0 saturated carbocycles. The second-order valence-corrected chi connectivity index (χ2v) is 6.01. The molecule has 0 aliphatic carbocycles. The van der Waals surface area contributed by atoms with Crippen LogP contribution in [-0.4, -0.2) is 38.7 Å². The smallest absolute Gasteiger partial charge is 0.337 e. The molecule has 2 aromatic rings. The summed E-state index contributed by atoms with van der Waals surface area (Å²) < 4.78 is 15.6. The lowest BCUT2D eigenvalue weighted by Gasteiger charge is -2.22. The zero-order valence-corrected chi connectivity index (χ0v) is 15.0. The topological polar surface area (TPSA) is 65.1 Å². The third kappa shape index (κ3) is 3.49. The molecule has 1 aliphatic heterocycles. The summed E-state index contributed by atoms with van der Waals surface area (Å²) in [7, 11) is 2.95. The lowest BCUT2D eigenvalue weighted by Crippen LogP contribution is -2.39. The van der Waals surface area contributed by atoms with Gasteiger partial charge in [0.25, 0.3) is 5.91 Å². The molecule has 0 fully saturated rings. The second-order valence-electron chi connectivity index (χ2n) is 6.01. The standard InChI is InChI=1S/C20H21NO5/c1-13(26-17-7-5-16(24-2)6-8-17)19(22)21-11-10-14-12-15(20(23)25-3)4-9-18(14)21/h4-9,12-13H,10-11H2,1-3H3. The van der Waals surface area contributed by atoms with Gasteiger partial charge in [-0.05, 0) is 61.4 Å². The molecule has 3 rings (SSSR count). The predicted molar refractivity (Wildman–Crippen MR) is 96.9 cm³/mol. The van der Waals surface area contributed by atoms with Crippen molar-refractivity contribution in [1.82, 2.24) is 0 Å². The zero-order chi connectivity index (χ0) is 18.7. The molecule has 0 saturated heterocycles. The Balaban J connectivity index is 1.72. The molecule has 0 spiro atoms. The Hall–Kier alpha value is -3.02. The van der Waals surface area contributed by atoms with Crippen molar-refractivity contribution in [3.8, 4) is 11.5 Å². The fourth-order valence-corrected chi connectivity index (χ4v) is 3.00. The average molecular weight is 355 g/mol. The van der Waals surface area contributed by atoms with E-state index in [-0.39, 0.29) is 11.9 Å². The van der Waals surface area contributed by atoms with Gasteiger partial charge < -0.3 is 19.1 Å². The molecule has 0 aromatic heterocycles. The van der Waals surface area contributed by atoms with E-state index in [2.05, 4.69) is 0 Å². The summed E-state index contributed by atoms with van der Waals surface area (Å²) in [5.41, 5.74) is 2.26. The van der Waals surface area contributed by atoms with Crippen molar-refractivity contribution in [2.75, 3.05) is 25.7 Å². The Bertz CT molecular complexity index is 815. The van der Waals surface area contributed by atoms with Gasteiger partial charge in [0, 0.05) is 12.2 Å². The summed E-state index contributed by atoms with van der Waals surface area (Å²) in [6, 6.07) is 12.3. The Kier molecular flexibility index (Phi) is 5.11. The maximum absolute atomic E-state index is 12.8. The minimum absolute atomic E-state index is 0.120. The minimum Gasteiger partial charge on any atom is -0.497 e. The normalized spacial score (nSPS) is 13.7. The highest BCUT2D eigenvalue weighted by atomic mass is 16.5. The maximum atomic E-state index is 12.8. The largest absolute Gasteiger partial charge is 0.497 e. The second kappa shape index (κ2) is 7.47. The first-order valence-electron chi connectivity index (χ1n) is 8.37. The molecule has 6 nitrogen and oxygen atoms in total. The van der Waals surface area contributed by atoms with Crippen molar-refractivity contribution in [2.45, 2.75) is 19.4 Å². The molecule has 136 valence electrons. The highest BCUT2D eigenvalue weighted by Gasteiger charge is 2.29. The summed E-state index contributed by atoms with van der Waals surface area (Å²) in [5, 5.41) is 0. The Morgan fingerprint density at radius 1 is 1.04 bits per heavy atom. The lowest BCUT2D eigenvalue weighted by molar-refractivity contribution is -0.124. The van der Waals surface area contributed by atoms with Gasteiger partial charge in [-0.2, -0.15) is 0 Å². The van der Waals surface area contributed by atoms with Crippen molar-refractivity contribution in [1.29, 1.82) is 0 Å². The molecule has 0 N–H and O–H groups in total. The van der Waals surface area contributed by atoms with E-state index in [4.69, 9.17) is 14.2 Å². The van der Waals surface area contributed by atoms with Gasteiger partial charge in [0.05, 0.1) is 19.8 Å². The lowest BCUT2D eigenvalue weighted by atomic mass is 10.1. The molecule has 1 atom stereocenters. The van der Waals surface area contributed by atoms with Crippen LogP contribution in [0.5, 0.6) is 11.5 Å². The molecule has 2 aromatic carbocycles. The summed E-state index contributed by atoms with van der Waals surface area (Å²) in [6.45, 7) is 2.29. The fourth-order valence-electron chi connectivity index (χ4n) is 3.00. The van der Waals surface area contributed by atoms with Crippen LogP contribution in [0, 0.1) is 0 Å². The highest BCUT2D eigenvalue weighted by Crippen LogP contribution is 2.30. The summed E-state index contributed by atoms with van der Waals surface area (Å²) >= 11 is 0. The molecule has 1 heterocycles. The molecule has 0 bridgehead atoms. The van der Waals surface area contributed by atoms with Crippen LogP contribution < -0.4 is 14.4 Å². The molecule has 0 radical (unpaired) electrons. The quantitative estimate of drug-likeness (QED) is 0.772. The van der Waals surface area contributed by atoms with E-state index >= 15 is 0 Å². The van der Waals surface area contributed by atoms with Gasteiger partial charge in [-0.15, -0.1) is 0 Å². The van der Waals surface area contributed by atoms with E-state index in [1.165, 1.54) is 7.11 Å². The molecular formula is C20H21NO5. The van der Waals surface area contributed by atoms with Crippen molar-refractivity contribution in [2.24, 2.45) is 0 Å². The van der Waals surface area contributed by atoms with E-state index in [9.17, 15) is 9.59 Å².